The fourth-order valence-electron chi connectivity index (χ4n) is 2.32. The van der Waals surface area contributed by atoms with Crippen LogP contribution < -0.4 is 5.43 Å². The molecule has 2 aromatic heterocycles. The van der Waals surface area contributed by atoms with Crippen molar-refractivity contribution in [2.24, 2.45) is 0 Å². The van der Waals surface area contributed by atoms with Crippen molar-refractivity contribution in [2.75, 3.05) is 0 Å². The van der Waals surface area contributed by atoms with Crippen molar-refractivity contribution in [1.29, 1.82) is 0 Å². The Hall–Kier alpha value is -2.74. The summed E-state index contributed by atoms with van der Waals surface area (Å²) in [4.78, 5) is 31.8. The summed E-state index contributed by atoms with van der Waals surface area (Å²) in [6.07, 6.45) is 4.38. The Morgan fingerprint density at radius 1 is 1.33 bits per heavy atom. The van der Waals surface area contributed by atoms with Crippen molar-refractivity contribution in [1.82, 2.24) is 14.5 Å². The maximum atomic E-state index is 14.4. The van der Waals surface area contributed by atoms with Crippen LogP contribution in [0.4, 0.5) is 4.39 Å². The fraction of sp³-hybridized carbons (Fsp3) is 0.125. The maximum Gasteiger partial charge on any atom is 0.341 e. The molecule has 0 saturated carbocycles. The minimum absolute atomic E-state index is 0.0348. The number of nitrogens with zero attached hydrogens (tertiary/aromatic N) is 3. The van der Waals surface area contributed by atoms with Crippen LogP contribution in [0.3, 0.4) is 0 Å². The lowest BCUT2D eigenvalue weighted by atomic mass is 10.1. The molecule has 0 bridgehead atoms. The number of carboxylic acids is 1. The number of carboxylic acid groups (broad SMARTS) is 1. The first-order valence-electron chi connectivity index (χ1n) is 7.06. The summed E-state index contributed by atoms with van der Waals surface area (Å²) < 4.78 is 16.0. The third kappa shape index (κ3) is 2.88. The zero-order valence-corrected chi connectivity index (χ0v) is 13.4. The van der Waals surface area contributed by atoms with E-state index in [2.05, 4.69) is 9.97 Å². The average Bonchev–Trinajstić information content (AvgIpc) is 2.57. The highest BCUT2D eigenvalue weighted by Gasteiger charge is 2.17. The van der Waals surface area contributed by atoms with Crippen molar-refractivity contribution < 1.29 is 14.3 Å². The molecule has 122 valence electrons. The number of rotatable bonds is 4. The smallest absolute Gasteiger partial charge is 0.341 e. The second-order valence-corrected chi connectivity index (χ2v) is 5.91. The molecule has 1 N–H and O–H groups in total. The normalized spacial score (nSPS) is 10.9. The minimum atomic E-state index is -1.33. The van der Waals surface area contributed by atoms with E-state index in [9.17, 15) is 14.0 Å². The van der Waals surface area contributed by atoms with E-state index in [-0.39, 0.29) is 15.8 Å². The lowest BCUT2D eigenvalue weighted by molar-refractivity contribution is 0.0695. The molecule has 1 aromatic carbocycles. The van der Waals surface area contributed by atoms with Gasteiger partial charge in [-0.3, -0.25) is 4.79 Å². The van der Waals surface area contributed by atoms with E-state index < -0.39 is 17.2 Å². The van der Waals surface area contributed by atoms with Crippen molar-refractivity contribution in [3.63, 3.8) is 0 Å². The van der Waals surface area contributed by atoms with Crippen LogP contribution in [0.25, 0.3) is 10.9 Å². The van der Waals surface area contributed by atoms with Crippen LogP contribution >= 0.6 is 11.8 Å². The standard InChI is InChI=1S/C16H12FN3O3S/c1-2-20-8-10(15(22)23)14(21)9-6-11(17)13(7-12(9)20)24-16-18-4-3-5-19-16/h3-8H,2H2,1H3,(H,22,23). The number of aromatic carboxylic acids is 1. The summed E-state index contributed by atoms with van der Waals surface area (Å²) in [7, 11) is 0. The number of aryl methyl sites for hydroxylation is 1. The van der Waals surface area contributed by atoms with E-state index in [1.807, 2.05) is 6.92 Å². The predicted molar refractivity (Wildman–Crippen MR) is 87.0 cm³/mol. The SMILES string of the molecule is CCn1cc(C(=O)O)c(=O)c2cc(F)c(Sc3ncccn3)cc21. The van der Waals surface area contributed by atoms with Crippen molar-refractivity contribution in [3.05, 3.63) is 58.4 Å². The van der Waals surface area contributed by atoms with Gasteiger partial charge in [0, 0.05) is 30.5 Å². The van der Waals surface area contributed by atoms with Crippen LogP contribution in [-0.2, 0) is 6.54 Å². The maximum absolute atomic E-state index is 14.4. The number of hydrogen-bond acceptors (Lipinski definition) is 5. The van der Waals surface area contributed by atoms with Gasteiger partial charge in [-0.05, 0) is 36.9 Å². The molecule has 0 radical (unpaired) electrons. The van der Waals surface area contributed by atoms with Gasteiger partial charge in [0.2, 0.25) is 5.43 Å². The first-order valence-corrected chi connectivity index (χ1v) is 7.87. The van der Waals surface area contributed by atoms with Gasteiger partial charge in [0.1, 0.15) is 11.4 Å². The van der Waals surface area contributed by atoms with E-state index >= 15 is 0 Å². The van der Waals surface area contributed by atoms with Gasteiger partial charge in [0.05, 0.1) is 10.4 Å². The van der Waals surface area contributed by atoms with Crippen LogP contribution in [0.15, 0.2) is 51.6 Å². The van der Waals surface area contributed by atoms with E-state index in [1.54, 1.807) is 23.0 Å². The Balaban J connectivity index is 2.22. The summed E-state index contributed by atoms with van der Waals surface area (Å²) in [5.41, 5.74) is -0.614. The second kappa shape index (κ2) is 6.40. The van der Waals surface area contributed by atoms with Gasteiger partial charge in [0.15, 0.2) is 5.16 Å². The van der Waals surface area contributed by atoms with Crippen molar-refractivity contribution in [3.8, 4) is 0 Å². The molecule has 0 fully saturated rings. The molecule has 0 aliphatic heterocycles. The lowest BCUT2D eigenvalue weighted by Gasteiger charge is -2.12. The van der Waals surface area contributed by atoms with E-state index in [4.69, 9.17) is 5.11 Å². The van der Waals surface area contributed by atoms with Crippen molar-refractivity contribution >= 4 is 28.6 Å². The third-order valence-corrected chi connectivity index (χ3v) is 4.37. The zero-order chi connectivity index (χ0) is 17.3. The Morgan fingerprint density at radius 2 is 2.04 bits per heavy atom. The fourth-order valence-corrected chi connectivity index (χ4v) is 3.07. The van der Waals surface area contributed by atoms with E-state index in [1.165, 1.54) is 12.3 Å². The molecule has 0 saturated heterocycles. The molecule has 8 heteroatoms. The molecule has 3 aromatic rings. The molecule has 0 unspecified atom stereocenters. The molecule has 0 spiro atoms. The number of pyridine rings is 1. The number of hydrogen-bond donors (Lipinski definition) is 1. The van der Waals surface area contributed by atoms with Gasteiger partial charge in [-0.25, -0.2) is 19.2 Å². The number of benzene rings is 1. The monoisotopic (exact) mass is 345 g/mol. The molecule has 0 aliphatic carbocycles. The van der Waals surface area contributed by atoms with Crippen LogP contribution in [0.5, 0.6) is 0 Å². The van der Waals surface area contributed by atoms with Crippen LogP contribution in [0.1, 0.15) is 17.3 Å². The van der Waals surface area contributed by atoms with Crippen molar-refractivity contribution in [2.45, 2.75) is 23.5 Å². The summed E-state index contributed by atoms with van der Waals surface area (Å²) in [5.74, 6) is -1.96. The van der Waals surface area contributed by atoms with Crippen LogP contribution in [0, 0.1) is 5.82 Å². The minimum Gasteiger partial charge on any atom is -0.477 e. The number of halogens is 1. The van der Waals surface area contributed by atoms with E-state index in [0.717, 1.165) is 17.8 Å². The van der Waals surface area contributed by atoms with Crippen LogP contribution in [0.2, 0.25) is 0 Å². The number of carbonyl (C=O) groups is 1. The largest absolute Gasteiger partial charge is 0.477 e. The Labute approximate surface area is 140 Å². The van der Waals surface area contributed by atoms with Gasteiger partial charge in [-0.15, -0.1) is 0 Å². The summed E-state index contributed by atoms with van der Waals surface area (Å²) in [6, 6.07) is 4.24. The van der Waals surface area contributed by atoms with E-state index in [0.29, 0.717) is 17.2 Å². The molecular formula is C16H12FN3O3S. The first kappa shape index (κ1) is 16.1. The molecule has 24 heavy (non-hydrogen) atoms. The lowest BCUT2D eigenvalue weighted by Crippen LogP contribution is -2.19. The third-order valence-electron chi connectivity index (χ3n) is 3.45. The Morgan fingerprint density at radius 3 is 2.67 bits per heavy atom. The highest BCUT2D eigenvalue weighted by molar-refractivity contribution is 7.99. The highest BCUT2D eigenvalue weighted by Crippen LogP contribution is 2.30. The quantitative estimate of drug-likeness (QED) is 0.732. The molecule has 0 aliphatic rings. The second-order valence-electron chi connectivity index (χ2n) is 4.90. The predicted octanol–water partition coefficient (Wildman–Crippen LogP) is 2.80. The molecular weight excluding hydrogens is 333 g/mol. The summed E-state index contributed by atoms with van der Waals surface area (Å²) in [5, 5.41) is 9.55. The van der Waals surface area contributed by atoms with Crippen LogP contribution in [-0.4, -0.2) is 25.6 Å². The molecule has 0 amide bonds. The zero-order valence-electron chi connectivity index (χ0n) is 12.6. The van der Waals surface area contributed by atoms with Gasteiger partial charge >= 0.3 is 5.97 Å². The Kier molecular flexibility index (Phi) is 4.30. The van der Waals surface area contributed by atoms with Gasteiger partial charge in [-0.1, -0.05) is 0 Å². The van der Waals surface area contributed by atoms with Gasteiger partial charge in [-0.2, -0.15) is 0 Å². The average molecular weight is 345 g/mol. The first-order chi connectivity index (χ1) is 11.5. The van der Waals surface area contributed by atoms with Gasteiger partial charge < -0.3 is 9.67 Å². The molecule has 0 atom stereocenters. The molecule has 3 rings (SSSR count). The summed E-state index contributed by atoms with van der Waals surface area (Å²) >= 11 is 1.04. The molecule has 2 heterocycles. The number of fused-ring (bicyclic) bond motifs is 1. The number of aromatic nitrogens is 3. The van der Waals surface area contributed by atoms with Gasteiger partial charge in [0.25, 0.3) is 0 Å². The topological polar surface area (TPSA) is 85.1 Å². The highest BCUT2D eigenvalue weighted by atomic mass is 32.2. The molecule has 6 nitrogen and oxygen atoms in total. The Bertz CT molecular complexity index is 989. The summed E-state index contributed by atoms with van der Waals surface area (Å²) in [6.45, 7) is 2.25.